The van der Waals surface area contributed by atoms with Gasteiger partial charge in [-0.1, -0.05) is 42.0 Å². The van der Waals surface area contributed by atoms with E-state index in [1.807, 2.05) is 43.3 Å². The molecule has 1 amide bonds. The van der Waals surface area contributed by atoms with Gasteiger partial charge in [-0.05, 0) is 81.4 Å². The second-order valence-electron chi connectivity index (χ2n) is 14.5. The van der Waals surface area contributed by atoms with Crippen LogP contribution in [-0.2, 0) is 9.47 Å². The van der Waals surface area contributed by atoms with Crippen molar-refractivity contribution in [3.8, 4) is 31.7 Å². The number of nitrogen functional groups attached to an aromatic ring is 1. The predicted octanol–water partition coefficient (Wildman–Crippen LogP) is 10.2. The molecule has 0 aliphatic heterocycles. The number of aryl methyl sites for hydroxylation is 1. The third-order valence-corrected chi connectivity index (χ3v) is 12.1. The minimum absolute atomic E-state index is 0.0194. The van der Waals surface area contributed by atoms with E-state index in [2.05, 4.69) is 27.2 Å². The number of hydrogen-bond acceptors (Lipinski definition) is 20. The summed E-state index contributed by atoms with van der Waals surface area (Å²) in [5.74, 6) is -2.42. The lowest BCUT2D eigenvalue weighted by molar-refractivity contribution is -0.385. The van der Waals surface area contributed by atoms with Crippen LogP contribution >= 0.6 is 46.2 Å². The van der Waals surface area contributed by atoms with Crippen LogP contribution in [0.5, 0.6) is 0 Å². The Morgan fingerprint density at radius 2 is 0.867 bits per heavy atom. The summed E-state index contributed by atoms with van der Waals surface area (Å²) in [5.41, 5.74) is 22.0. The Balaban J connectivity index is 0.000000205. The lowest BCUT2D eigenvalue weighted by Gasteiger charge is -1.97. The van der Waals surface area contributed by atoms with Gasteiger partial charge in [-0.3, -0.25) is 35.1 Å². The molecule has 0 bridgehead atoms. The maximum atomic E-state index is 11.5. The summed E-state index contributed by atoms with van der Waals surface area (Å²) in [6, 6.07) is 32.1. The number of thiazole rings is 3. The van der Waals surface area contributed by atoms with Crippen molar-refractivity contribution in [1.82, 2.24) is 15.0 Å². The quantitative estimate of drug-likeness (QED) is 0.0274. The molecule has 0 saturated carbocycles. The van der Waals surface area contributed by atoms with Crippen LogP contribution in [0.3, 0.4) is 0 Å². The standard InChI is InChI=1S/C12H10N2O4S.C12H12N2O2S.C11H9NO2S.C7H6N2O3.C7H6N2O2S/c1-2-18-12(15)10-7-19-11(13-10)8-3-5-9(6-4-8)14(16)17;1-2-16-12(15)10-7-17-11(14-10)8-3-5-9(13)6-4-8;1-7-2-4-8(5-3-7)10-12-9(6-15-10)11(13)14;8-7(10)5-1-3-6(4-2-5)9(11)12;8-7(12)5-1-3-6(4-2-5)9(10)11/h3-7H,2H2,1H3;3-7H,2,13H2,1H3;2-6H,1H3,(H,13,14);1-4H,(H2,8,10);1-4H,(H2,8,12). The third kappa shape index (κ3) is 18.4. The molecule has 26 heteroatoms. The number of carboxylic acid groups (broad SMARTS) is 1. The van der Waals surface area contributed by atoms with Crippen molar-refractivity contribution in [1.29, 1.82) is 0 Å². The predicted molar refractivity (Wildman–Crippen MR) is 288 cm³/mol. The number of non-ortho nitro benzene ring substituents is 3. The van der Waals surface area contributed by atoms with E-state index in [1.54, 1.807) is 54.3 Å². The smallest absolute Gasteiger partial charge is 0.357 e. The van der Waals surface area contributed by atoms with Crippen LogP contribution in [0.1, 0.15) is 66.8 Å². The molecule has 0 unspecified atom stereocenters. The number of nitrogens with two attached hydrogens (primary N) is 3. The Morgan fingerprint density at radius 1 is 0.547 bits per heavy atom. The van der Waals surface area contributed by atoms with Crippen molar-refractivity contribution >= 4 is 97.8 Å². The molecule has 0 radical (unpaired) electrons. The fraction of sp³-hybridized carbons (Fsp3) is 0.102. The molecule has 8 rings (SSSR count). The lowest BCUT2D eigenvalue weighted by atomic mass is 10.2. The largest absolute Gasteiger partial charge is 0.476 e. The van der Waals surface area contributed by atoms with Crippen molar-refractivity contribution in [2.45, 2.75) is 20.8 Å². The normalized spacial score (nSPS) is 9.91. The number of anilines is 1. The van der Waals surface area contributed by atoms with E-state index in [9.17, 15) is 49.5 Å². The van der Waals surface area contributed by atoms with Gasteiger partial charge >= 0.3 is 17.9 Å². The summed E-state index contributed by atoms with van der Waals surface area (Å²) in [6.45, 7) is 6.15. The number of esters is 2. The molecule has 22 nitrogen and oxygen atoms in total. The van der Waals surface area contributed by atoms with Gasteiger partial charge in [0.15, 0.2) is 17.1 Å². The number of benzene rings is 5. The van der Waals surface area contributed by atoms with Crippen molar-refractivity contribution in [3.05, 3.63) is 202 Å². The number of carbonyl (C=O) groups excluding carboxylic acids is 3. The number of amides is 1. The highest BCUT2D eigenvalue weighted by atomic mass is 32.1. The van der Waals surface area contributed by atoms with Gasteiger partial charge < -0.3 is 31.8 Å². The Morgan fingerprint density at radius 3 is 1.19 bits per heavy atom. The number of aromatic nitrogens is 3. The summed E-state index contributed by atoms with van der Waals surface area (Å²) in [6.07, 6.45) is 0. The number of nitro groups is 3. The van der Waals surface area contributed by atoms with Crippen molar-refractivity contribution in [2.24, 2.45) is 11.5 Å². The van der Waals surface area contributed by atoms with E-state index in [-0.39, 0.29) is 45.0 Å². The van der Waals surface area contributed by atoms with Crippen LogP contribution in [0.4, 0.5) is 22.7 Å². The molecule has 7 N–H and O–H groups in total. The van der Waals surface area contributed by atoms with Crippen LogP contribution in [0.2, 0.25) is 0 Å². The highest BCUT2D eigenvalue weighted by molar-refractivity contribution is 7.80. The number of ether oxygens (including phenoxy) is 2. The number of carboxylic acids is 1. The molecule has 386 valence electrons. The van der Waals surface area contributed by atoms with E-state index in [4.69, 9.17) is 31.8 Å². The first-order chi connectivity index (χ1) is 35.7. The molecule has 0 spiro atoms. The maximum Gasteiger partial charge on any atom is 0.357 e. The first-order valence-electron chi connectivity index (χ1n) is 21.4. The zero-order valence-corrected chi connectivity index (χ0v) is 42.9. The SMILES string of the molecule is CCOC(=O)c1csc(-c2ccc(N)cc2)n1.CCOC(=O)c1csc(-c2ccc([N+](=O)[O-])cc2)n1.Cc1ccc(-c2nc(C(=O)O)cs2)cc1.NC(=O)c1ccc([N+](=O)[O-])cc1.NC(=S)c1ccc([N+](=O)[O-])cc1. The van der Waals surface area contributed by atoms with Crippen LogP contribution in [0, 0.1) is 37.3 Å². The summed E-state index contributed by atoms with van der Waals surface area (Å²) in [7, 11) is 0. The topological polar surface area (TPSA) is 353 Å². The van der Waals surface area contributed by atoms with E-state index in [0.29, 0.717) is 35.2 Å². The van der Waals surface area contributed by atoms with E-state index in [0.717, 1.165) is 26.7 Å². The molecule has 3 aromatic heterocycles. The highest BCUT2D eigenvalue weighted by Crippen LogP contribution is 2.27. The number of carbonyl (C=O) groups is 4. The Hall–Kier alpha value is -9.24. The van der Waals surface area contributed by atoms with Gasteiger partial charge in [-0.2, -0.15) is 0 Å². The van der Waals surface area contributed by atoms with E-state index < -0.39 is 32.6 Å². The van der Waals surface area contributed by atoms with E-state index >= 15 is 0 Å². The molecule has 75 heavy (non-hydrogen) atoms. The number of thiocarbonyl (C=S) groups is 1. The number of aromatic carboxylic acids is 1. The van der Waals surface area contributed by atoms with Crippen molar-refractivity contribution in [3.63, 3.8) is 0 Å². The summed E-state index contributed by atoms with van der Waals surface area (Å²) >= 11 is 8.72. The summed E-state index contributed by atoms with van der Waals surface area (Å²) < 4.78 is 9.73. The average Bonchev–Trinajstić information content (AvgIpc) is 4.21. The van der Waals surface area contributed by atoms with Gasteiger partial charge in [-0.25, -0.2) is 29.3 Å². The molecule has 3 heterocycles. The number of primary amides is 1. The van der Waals surface area contributed by atoms with Crippen LogP contribution in [0.25, 0.3) is 31.7 Å². The maximum absolute atomic E-state index is 11.5. The molecular weight excluding hydrogens is 1050 g/mol. The zero-order valence-electron chi connectivity index (χ0n) is 39.6. The monoisotopic (exact) mass is 1090 g/mol. The second-order valence-corrected chi connectivity index (χ2v) is 17.5. The molecule has 5 aromatic carbocycles. The van der Waals surface area contributed by atoms with Gasteiger partial charge in [0.05, 0.1) is 28.0 Å². The number of rotatable bonds is 13. The van der Waals surface area contributed by atoms with Gasteiger partial charge in [0.1, 0.15) is 20.0 Å². The Labute approximate surface area is 443 Å². The number of hydrogen-bond donors (Lipinski definition) is 4. The average molecular weight is 1090 g/mol. The Bertz CT molecular complexity index is 3120. The molecule has 8 aromatic rings. The van der Waals surface area contributed by atoms with Crippen LogP contribution < -0.4 is 17.2 Å². The lowest BCUT2D eigenvalue weighted by Crippen LogP contribution is -2.10. The fourth-order valence-electron chi connectivity index (χ4n) is 5.46. The van der Waals surface area contributed by atoms with Crippen LogP contribution in [0.15, 0.2) is 137 Å². The second kappa shape index (κ2) is 28.7. The van der Waals surface area contributed by atoms with Gasteiger partial charge in [0.2, 0.25) is 5.91 Å². The molecular formula is C49H43N9O13S4. The van der Waals surface area contributed by atoms with Crippen molar-refractivity contribution in [2.75, 3.05) is 18.9 Å². The minimum atomic E-state index is -0.982. The Kier molecular flexibility index (Phi) is 22.3. The molecule has 0 saturated heterocycles. The van der Waals surface area contributed by atoms with Crippen molar-refractivity contribution < 1.29 is 48.5 Å². The third-order valence-electron chi connectivity index (χ3n) is 9.21. The molecule has 0 aliphatic rings. The zero-order chi connectivity index (χ0) is 55.2. The first kappa shape index (κ1) is 58.3. The molecule has 0 atom stereocenters. The highest BCUT2D eigenvalue weighted by Gasteiger charge is 2.15. The fourth-order valence-corrected chi connectivity index (χ4v) is 7.98. The first-order valence-corrected chi connectivity index (χ1v) is 24.5. The van der Waals surface area contributed by atoms with Gasteiger partial charge in [0.25, 0.3) is 17.1 Å². The van der Waals surface area contributed by atoms with Gasteiger partial charge in [-0.15, -0.1) is 34.0 Å². The molecule has 0 aliphatic carbocycles. The number of nitro benzene ring substituents is 3. The summed E-state index contributed by atoms with van der Waals surface area (Å²) in [4.78, 5) is 86.2. The minimum Gasteiger partial charge on any atom is -0.476 e. The summed E-state index contributed by atoms with van der Waals surface area (Å²) in [5, 5.41) is 46.7. The molecule has 0 fully saturated rings. The van der Waals surface area contributed by atoms with Gasteiger partial charge in [0, 0.05) is 86.0 Å². The van der Waals surface area contributed by atoms with E-state index in [1.165, 1.54) is 100 Å². The number of nitrogens with zero attached hydrogens (tertiary/aromatic N) is 6. The van der Waals surface area contributed by atoms with Crippen LogP contribution in [-0.4, -0.2) is 76.8 Å².